The Balaban J connectivity index is 0.00000288. The minimum absolute atomic E-state index is 0. The summed E-state index contributed by atoms with van der Waals surface area (Å²) < 4.78 is 39.9. The summed E-state index contributed by atoms with van der Waals surface area (Å²) in [5, 5.41) is 5.93. The Bertz CT molecular complexity index is 693. The molecular formula is C17H19F3IN3. The Kier molecular flexibility index (Phi) is 8.59. The van der Waals surface area contributed by atoms with Crippen LogP contribution in [0.15, 0.2) is 47.5 Å². The minimum Gasteiger partial charge on any atom is -0.357 e. The lowest BCUT2D eigenvalue weighted by Gasteiger charge is -2.12. The van der Waals surface area contributed by atoms with Crippen LogP contribution in [0.3, 0.4) is 0 Å². The Morgan fingerprint density at radius 2 is 1.75 bits per heavy atom. The summed E-state index contributed by atoms with van der Waals surface area (Å²) in [6.07, 6.45) is 0. The highest BCUT2D eigenvalue weighted by Gasteiger charge is 2.05. The molecule has 0 aliphatic rings. The fourth-order valence-corrected chi connectivity index (χ4v) is 2.01. The zero-order valence-electron chi connectivity index (χ0n) is 13.2. The van der Waals surface area contributed by atoms with Gasteiger partial charge in [0.2, 0.25) is 0 Å². The minimum atomic E-state index is -0.495. The zero-order chi connectivity index (χ0) is 16.7. The van der Waals surface area contributed by atoms with Crippen LogP contribution in [0, 0.1) is 17.5 Å². The highest BCUT2D eigenvalue weighted by atomic mass is 127. The molecule has 130 valence electrons. The standard InChI is InChI=1S/C17H18F3N3.HI/c1-2-21-17(22-10-12-4-3-5-14(18)8-12)23-11-13-9-15(19)6-7-16(13)20;/h3-9H,2,10-11H2,1H3,(H2,21,22,23);1H. The van der Waals surface area contributed by atoms with E-state index in [2.05, 4.69) is 15.6 Å². The van der Waals surface area contributed by atoms with E-state index in [0.29, 0.717) is 12.5 Å². The number of halogens is 4. The first kappa shape index (κ1) is 20.3. The van der Waals surface area contributed by atoms with Crippen LogP contribution in [0.4, 0.5) is 13.2 Å². The van der Waals surface area contributed by atoms with Gasteiger partial charge >= 0.3 is 0 Å². The Morgan fingerprint density at radius 3 is 2.46 bits per heavy atom. The van der Waals surface area contributed by atoms with E-state index in [-0.39, 0.29) is 48.4 Å². The van der Waals surface area contributed by atoms with E-state index in [4.69, 9.17) is 0 Å². The Labute approximate surface area is 156 Å². The van der Waals surface area contributed by atoms with Crippen molar-refractivity contribution in [3.8, 4) is 0 Å². The predicted molar refractivity (Wildman–Crippen MR) is 99.8 cm³/mol. The van der Waals surface area contributed by atoms with Gasteiger partial charge in [-0.3, -0.25) is 0 Å². The molecule has 0 aromatic heterocycles. The molecule has 0 amide bonds. The van der Waals surface area contributed by atoms with Crippen LogP contribution in [-0.4, -0.2) is 12.5 Å². The van der Waals surface area contributed by atoms with Crippen molar-refractivity contribution in [2.24, 2.45) is 4.99 Å². The molecule has 0 aliphatic carbocycles. The number of nitrogens with one attached hydrogen (secondary N) is 2. The molecule has 0 bridgehead atoms. The molecule has 0 spiro atoms. The van der Waals surface area contributed by atoms with Gasteiger partial charge in [-0.15, -0.1) is 24.0 Å². The Morgan fingerprint density at radius 1 is 1.00 bits per heavy atom. The van der Waals surface area contributed by atoms with Crippen molar-refractivity contribution in [2.45, 2.75) is 20.0 Å². The molecule has 2 N–H and O–H groups in total. The normalized spacial score (nSPS) is 10.9. The van der Waals surface area contributed by atoms with Crippen molar-refractivity contribution in [1.82, 2.24) is 10.6 Å². The molecule has 0 aliphatic heterocycles. The van der Waals surface area contributed by atoms with Crippen LogP contribution >= 0.6 is 24.0 Å². The van der Waals surface area contributed by atoms with E-state index in [0.717, 1.165) is 23.8 Å². The van der Waals surface area contributed by atoms with Gasteiger partial charge in [-0.25, -0.2) is 18.2 Å². The van der Waals surface area contributed by atoms with Gasteiger partial charge in [0.05, 0.1) is 6.54 Å². The van der Waals surface area contributed by atoms with Crippen molar-refractivity contribution < 1.29 is 13.2 Å². The summed E-state index contributed by atoms with van der Waals surface area (Å²) in [5.74, 6) is -0.859. The predicted octanol–water partition coefficient (Wildman–Crippen LogP) is 3.98. The second-order valence-corrected chi connectivity index (χ2v) is 4.91. The summed E-state index contributed by atoms with van der Waals surface area (Å²) in [6, 6.07) is 9.44. The maximum absolute atomic E-state index is 13.6. The molecule has 0 heterocycles. The van der Waals surface area contributed by atoms with Crippen LogP contribution < -0.4 is 10.6 Å². The molecule has 2 aromatic carbocycles. The first-order chi connectivity index (χ1) is 11.1. The topological polar surface area (TPSA) is 36.4 Å². The third kappa shape index (κ3) is 6.38. The number of benzene rings is 2. The van der Waals surface area contributed by atoms with E-state index in [1.54, 1.807) is 12.1 Å². The van der Waals surface area contributed by atoms with E-state index < -0.39 is 11.6 Å². The lowest BCUT2D eigenvalue weighted by molar-refractivity contribution is 0.581. The lowest BCUT2D eigenvalue weighted by Crippen LogP contribution is -2.37. The second kappa shape index (κ2) is 10.2. The number of aliphatic imine (C=N–C) groups is 1. The van der Waals surface area contributed by atoms with Crippen LogP contribution in [0.25, 0.3) is 0 Å². The fraction of sp³-hybridized carbons (Fsp3) is 0.235. The number of hydrogen-bond donors (Lipinski definition) is 2. The van der Waals surface area contributed by atoms with E-state index in [9.17, 15) is 13.2 Å². The maximum atomic E-state index is 13.6. The lowest BCUT2D eigenvalue weighted by atomic mass is 10.2. The van der Waals surface area contributed by atoms with Crippen LogP contribution in [0.1, 0.15) is 18.1 Å². The van der Waals surface area contributed by atoms with Gasteiger partial charge in [0.15, 0.2) is 5.96 Å². The highest BCUT2D eigenvalue weighted by Crippen LogP contribution is 2.09. The molecule has 3 nitrogen and oxygen atoms in total. The number of guanidine groups is 1. The maximum Gasteiger partial charge on any atom is 0.191 e. The van der Waals surface area contributed by atoms with Crippen molar-refractivity contribution in [2.75, 3.05) is 6.54 Å². The molecule has 0 unspecified atom stereocenters. The molecule has 2 aromatic rings. The van der Waals surface area contributed by atoms with Crippen LogP contribution in [-0.2, 0) is 13.1 Å². The smallest absolute Gasteiger partial charge is 0.191 e. The molecular weight excluding hydrogens is 430 g/mol. The second-order valence-electron chi connectivity index (χ2n) is 4.91. The molecule has 24 heavy (non-hydrogen) atoms. The van der Waals surface area contributed by atoms with Crippen LogP contribution in [0.5, 0.6) is 0 Å². The molecule has 0 saturated heterocycles. The van der Waals surface area contributed by atoms with Gasteiger partial charge in [0.25, 0.3) is 0 Å². The van der Waals surface area contributed by atoms with Crippen LogP contribution in [0.2, 0.25) is 0 Å². The quantitative estimate of drug-likeness (QED) is 0.412. The summed E-state index contributed by atoms with van der Waals surface area (Å²) >= 11 is 0. The van der Waals surface area contributed by atoms with Crippen molar-refractivity contribution in [1.29, 1.82) is 0 Å². The van der Waals surface area contributed by atoms with Gasteiger partial charge in [0.1, 0.15) is 17.5 Å². The largest absolute Gasteiger partial charge is 0.357 e. The molecule has 7 heteroatoms. The van der Waals surface area contributed by atoms with Gasteiger partial charge < -0.3 is 10.6 Å². The summed E-state index contributed by atoms with van der Waals surface area (Å²) in [7, 11) is 0. The molecule has 0 atom stereocenters. The van der Waals surface area contributed by atoms with Gasteiger partial charge in [-0.2, -0.15) is 0 Å². The molecule has 0 radical (unpaired) electrons. The third-order valence-electron chi connectivity index (χ3n) is 3.11. The van der Waals surface area contributed by atoms with E-state index in [1.807, 2.05) is 6.92 Å². The van der Waals surface area contributed by atoms with Crippen molar-refractivity contribution in [3.63, 3.8) is 0 Å². The van der Waals surface area contributed by atoms with Crippen molar-refractivity contribution >= 4 is 29.9 Å². The summed E-state index contributed by atoms with van der Waals surface area (Å²) in [6.45, 7) is 2.88. The van der Waals surface area contributed by atoms with E-state index in [1.165, 1.54) is 12.1 Å². The highest BCUT2D eigenvalue weighted by molar-refractivity contribution is 14.0. The van der Waals surface area contributed by atoms with Crippen molar-refractivity contribution in [3.05, 3.63) is 71.0 Å². The molecule has 2 rings (SSSR count). The van der Waals surface area contributed by atoms with Gasteiger partial charge in [-0.05, 0) is 42.8 Å². The average molecular weight is 449 g/mol. The number of hydrogen-bond acceptors (Lipinski definition) is 1. The fourth-order valence-electron chi connectivity index (χ4n) is 2.01. The first-order valence-corrected chi connectivity index (χ1v) is 7.29. The SMILES string of the molecule is CCNC(=NCc1cccc(F)c1)NCc1cc(F)ccc1F.I. The third-order valence-corrected chi connectivity index (χ3v) is 3.11. The number of nitrogens with zero attached hydrogens (tertiary/aromatic N) is 1. The summed E-state index contributed by atoms with van der Waals surface area (Å²) in [5.41, 5.74) is 0.931. The Hall–Kier alpha value is -1.77. The van der Waals surface area contributed by atoms with E-state index >= 15 is 0 Å². The zero-order valence-corrected chi connectivity index (χ0v) is 15.5. The average Bonchev–Trinajstić information content (AvgIpc) is 2.53. The number of rotatable bonds is 5. The first-order valence-electron chi connectivity index (χ1n) is 7.29. The molecule has 0 fully saturated rings. The van der Waals surface area contributed by atoms with Gasteiger partial charge in [0, 0.05) is 18.7 Å². The monoisotopic (exact) mass is 449 g/mol. The summed E-state index contributed by atoms with van der Waals surface area (Å²) in [4.78, 5) is 4.30. The molecule has 0 saturated carbocycles. The van der Waals surface area contributed by atoms with Gasteiger partial charge in [-0.1, -0.05) is 12.1 Å².